The first-order valence-corrected chi connectivity index (χ1v) is 5.21. The zero-order chi connectivity index (χ0) is 11.4. The molecule has 0 saturated carbocycles. The molecule has 15 heavy (non-hydrogen) atoms. The molecule has 0 fully saturated rings. The summed E-state index contributed by atoms with van der Waals surface area (Å²) in [4.78, 5) is 10.9. The lowest BCUT2D eigenvalue weighted by Gasteiger charge is -2.14. The second-order valence-electron chi connectivity index (χ2n) is 2.66. The molecule has 0 N–H and O–H groups in total. The van der Waals surface area contributed by atoms with Crippen LogP contribution in [-0.4, -0.2) is 27.6 Å². The third kappa shape index (κ3) is 2.17. The van der Waals surface area contributed by atoms with Gasteiger partial charge < -0.3 is 14.2 Å². The third-order valence-corrected chi connectivity index (χ3v) is 2.83. The standard InChI is InChI=1S/C10H11IO4/c1-13-8-4-7(11)6(5-12)9(14-2)10(8)15-3/h4-5H,1-3H3. The van der Waals surface area contributed by atoms with E-state index in [1.165, 1.54) is 21.3 Å². The number of benzene rings is 1. The molecule has 0 amide bonds. The molecule has 82 valence electrons. The summed E-state index contributed by atoms with van der Waals surface area (Å²) in [5, 5.41) is 0. The highest BCUT2D eigenvalue weighted by molar-refractivity contribution is 14.1. The third-order valence-electron chi connectivity index (χ3n) is 1.94. The summed E-state index contributed by atoms with van der Waals surface area (Å²) < 4.78 is 16.2. The van der Waals surface area contributed by atoms with E-state index in [-0.39, 0.29) is 0 Å². The summed E-state index contributed by atoms with van der Waals surface area (Å²) in [6, 6.07) is 1.73. The minimum atomic E-state index is 0.399. The number of methoxy groups -OCH3 is 3. The summed E-state index contributed by atoms with van der Waals surface area (Å²) >= 11 is 2.04. The van der Waals surface area contributed by atoms with Crippen LogP contribution in [0.3, 0.4) is 0 Å². The molecule has 0 aromatic heterocycles. The predicted molar refractivity (Wildman–Crippen MR) is 64.2 cm³/mol. The number of carbonyl (C=O) groups excluding carboxylic acids is 1. The largest absolute Gasteiger partial charge is 0.493 e. The van der Waals surface area contributed by atoms with E-state index in [1.807, 2.05) is 22.6 Å². The van der Waals surface area contributed by atoms with Crippen molar-refractivity contribution in [1.82, 2.24) is 0 Å². The van der Waals surface area contributed by atoms with Crippen LogP contribution in [0.4, 0.5) is 0 Å². The fourth-order valence-electron chi connectivity index (χ4n) is 1.26. The Kier molecular flexibility index (Phi) is 4.19. The van der Waals surface area contributed by atoms with Crippen molar-refractivity contribution >= 4 is 28.9 Å². The average Bonchev–Trinajstić information content (AvgIpc) is 2.27. The van der Waals surface area contributed by atoms with Gasteiger partial charge in [-0.2, -0.15) is 0 Å². The van der Waals surface area contributed by atoms with Gasteiger partial charge >= 0.3 is 0 Å². The van der Waals surface area contributed by atoms with Crippen molar-refractivity contribution in [1.29, 1.82) is 0 Å². The van der Waals surface area contributed by atoms with Gasteiger partial charge in [0.2, 0.25) is 5.75 Å². The minimum Gasteiger partial charge on any atom is -0.493 e. The van der Waals surface area contributed by atoms with Gasteiger partial charge in [0.05, 0.1) is 26.9 Å². The highest BCUT2D eigenvalue weighted by Gasteiger charge is 2.18. The lowest BCUT2D eigenvalue weighted by Crippen LogP contribution is -2.00. The van der Waals surface area contributed by atoms with Crippen molar-refractivity contribution in [2.45, 2.75) is 0 Å². The monoisotopic (exact) mass is 322 g/mol. The van der Waals surface area contributed by atoms with Crippen LogP contribution >= 0.6 is 22.6 Å². The zero-order valence-corrected chi connectivity index (χ0v) is 10.8. The van der Waals surface area contributed by atoms with Crippen LogP contribution in [0.25, 0.3) is 0 Å². The molecule has 0 spiro atoms. The normalized spacial score (nSPS) is 9.60. The molecule has 0 aliphatic carbocycles. The van der Waals surface area contributed by atoms with Crippen molar-refractivity contribution in [2.75, 3.05) is 21.3 Å². The molecular formula is C10H11IO4. The number of hydrogen-bond acceptors (Lipinski definition) is 4. The van der Waals surface area contributed by atoms with Gasteiger partial charge in [0, 0.05) is 3.57 Å². The van der Waals surface area contributed by atoms with Crippen LogP contribution in [0.2, 0.25) is 0 Å². The van der Waals surface area contributed by atoms with E-state index in [0.717, 1.165) is 9.86 Å². The first kappa shape index (κ1) is 12.1. The van der Waals surface area contributed by atoms with Crippen molar-refractivity contribution in [3.05, 3.63) is 15.2 Å². The van der Waals surface area contributed by atoms with E-state index in [1.54, 1.807) is 6.07 Å². The Labute approximate surface area is 102 Å². The van der Waals surface area contributed by atoms with Gasteiger partial charge in [-0.05, 0) is 28.7 Å². The molecule has 1 rings (SSSR count). The SMILES string of the molecule is COc1cc(I)c(C=O)c(OC)c1OC. The second-order valence-corrected chi connectivity index (χ2v) is 3.82. The molecule has 0 aliphatic heterocycles. The maximum absolute atomic E-state index is 10.9. The Balaban J connectivity index is 3.51. The van der Waals surface area contributed by atoms with Crippen molar-refractivity contribution in [3.63, 3.8) is 0 Å². The van der Waals surface area contributed by atoms with Crippen LogP contribution in [0.5, 0.6) is 17.2 Å². The van der Waals surface area contributed by atoms with Crippen LogP contribution in [-0.2, 0) is 0 Å². The molecule has 0 bridgehead atoms. The zero-order valence-electron chi connectivity index (χ0n) is 8.67. The number of halogens is 1. The summed E-state index contributed by atoms with van der Waals surface area (Å²) in [5.74, 6) is 1.38. The number of ether oxygens (including phenoxy) is 3. The number of hydrogen-bond donors (Lipinski definition) is 0. The first-order chi connectivity index (χ1) is 7.19. The van der Waals surface area contributed by atoms with Crippen LogP contribution in [0.15, 0.2) is 6.07 Å². The van der Waals surface area contributed by atoms with Gasteiger partial charge in [0.1, 0.15) is 0 Å². The maximum atomic E-state index is 10.9. The Morgan fingerprint density at radius 3 is 2.13 bits per heavy atom. The van der Waals surface area contributed by atoms with E-state index >= 15 is 0 Å². The number of carbonyl (C=O) groups is 1. The summed E-state index contributed by atoms with van der Waals surface area (Å²) in [5.41, 5.74) is 0.468. The Hall–Kier alpha value is -0.980. The topological polar surface area (TPSA) is 44.8 Å². The van der Waals surface area contributed by atoms with Gasteiger partial charge in [-0.3, -0.25) is 4.79 Å². The fourth-order valence-corrected chi connectivity index (χ4v) is 1.91. The molecule has 1 aromatic carbocycles. The maximum Gasteiger partial charge on any atom is 0.204 e. The lowest BCUT2D eigenvalue weighted by atomic mass is 10.2. The molecule has 4 nitrogen and oxygen atoms in total. The van der Waals surface area contributed by atoms with Crippen molar-refractivity contribution < 1.29 is 19.0 Å². The second kappa shape index (κ2) is 5.20. The van der Waals surface area contributed by atoms with E-state index in [9.17, 15) is 4.79 Å². The van der Waals surface area contributed by atoms with Crippen LogP contribution < -0.4 is 14.2 Å². The fraction of sp³-hybridized carbons (Fsp3) is 0.300. The average molecular weight is 322 g/mol. The highest BCUT2D eigenvalue weighted by atomic mass is 127. The van der Waals surface area contributed by atoms with E-state index < -0.39 is 0 Å². The molecule has 5 heteroatoms. The number of rotatable bonds is 4. The molecular weight excluding hydrogens is 311 g/mol. The molecule has 0 radical (unpaired) electrons. The molecule has 0 aliphatic rings. The Bertz CT molecular complexity index is 376. The number of aldehydes is 1. The van der Waals surface area contributed by atoms with Gasteiger partial charge in [-0.25, -0.2) is 0 Å². The van der Waals surface area contributed by atoms with Crippen LogP contribution in [0.1, 0.15) is 10.4 Å². The minimum absolute atomic E-state index is 0.399. The Morgan fingerprint density at radius 1 is 1.13 bits per heavy atom. The van der Waals surface area contributed by atoms with Gasteiger partial charge in [-0.15, -0.1) is 0 Å². The van der Waals surface area contributed by atoms with Crippen molar-refractivity contribution in [3.8, 4) is 17.2 Å². The van der Waals surface area contributed by atoms with Crippen molar-refractivity contribution in [2.24, 2.45) is 0 Å². The van der Waals surface area contributed by atoms with E-state index in [0.29, 0.717) is 22.8 Å². The quantitative estimate of drug-likeness (QED) is 0.629. The Morgan fingerprint density at radius 2 is 1.73 bits per heavy atom. The van der Waals surface area contributed by atoms with E-state index in [4.69, 9.17) is 14.2 Å². The highest BCUT2D eigenvalue weighted by Crippen LogP contribution is 2.41. The van der Waals surface area contributed by atoms with Gasteiger partial charge in [-0.1, -0.05) is 0 Å². The van der Waals surface area contributed by atoms with Gasteiger partial charge in [0.25, 0.3) is 0 Å². The molecule has 0 heterocycles. The van der Waals surface area contributed by atoms with Gasteiger partial charge in [0.15, 0.2) is 17.8 Å². The van der Waals surface area contributed by atoms with Crippen LogP contribution in [0, 0.1) is 3.57 Å². The summed E-state index contributed by atoms with van der Waals surface area (Å²) in [7, 11) is 4.52. The smallest absolute Gasteiger partial charge is 0.204 e. The predicted octanol–water partition coefficient (Wildman–Crippen LogP) is 2.13. The molecule has 1 aromatic rings. The summed E-state index contributed by atoms with van der Waals surface area (Å²) in [6.07, 6.45) is 0.739. The molecule has 0 saturated heterocycles. The first-order valence-electron chi connectivity index (χ1n) is 4.13. The molecule has 0 atom stereocenters. The summed E-state index contributed by atoms with van der Waals surface area (Å²) in [6.45, 7) is 0. The lowest BCUT2D eigenvalue weighted by molar-refractivity contribution is 0.111. The molecule has 0 unspecified atom stereocenters. The van der Waals surface area contributed by atoms with E-state index in [2.05, 4.69) is 0 Å².